The van der Waals surface area contributed by atoms with Gasteiger partial charge in [-0.1, -0.05) is 0 Å². The van der Waals surface area contributed by atoms with Crippen molar-refractivity contribution in [2.75, 3.05) is 33.9 Å². The fourth-order valence-corrected chi connectivity index (χ4v) is 1.14. The standard InChI is InChI=1S/C9H22N2O2/c1-8(5-13-4)11(3)6-9(2,10)7-12/h8,12H,5-7,10H2,1-4H3. The highest BCUT2D eigenvalue weighted by atomic mass is 16.5. The van der Waals surface area contributed by atoms with Gasteiger partial charge in [-0.15, -0.1) is 0 Å². The fourth-order valence-electron chi connectivity index (χ4n) is 1.14. The lowest BCUT2D eigenvalue weighted by Crippen LogP contribution is -2.52. The van der Waals surface area contributed by atoms with Gasteiger partial charge in [0.25, 0.3) is 0 Å². The Labute approximate surface area is 80.7 Å². The van der Waals surface area contributed by atoms with Gasteiger partial charge in [-0.2, -0.15) is 0 Å². The van der Waals surface area contributed by atoms with Crippen LogP contribution in [0.3, 0.4) is 0 Å². The lowest BCUT2D eigenvalue weighted by molar-refractivity contribution is 0.0883. The first kappa shape index (κ1) is 12.8. The highest BCUT2D eigenvalue weighted by molar-refractivity contribution is 4.82. The van der Waals surface area contributed by atoms with E-state index < -0.39 is 5.54 Å². The molecule has 0 aliphatic heterocycles. The number of aliphatic hydroxyl groups excluding tert-OH is 1. The molecule has 2 unspecified atom stereocenters. The highest BCUT2D eigenvalue weighted by Crippen LogP contribution is 2.04. The Hall–Kier alpha value is -0.160. The van der Waals surface area contributed by atoms with E-state index in [-0.39, 0.29) is 6.61 Å². The molecule has 0 aromatic carbocycles. The monoisotopic (exact) mass is 190 g/mol. The molecule has 0 amide bonds. The molecule has 0 aromatic heterocycles. The van der Waals surface area contributed by atoms with E-state index in [0.29, 0.717) is 19.2 Å². The molecule has 0 bridgehead atoms. The Morgan fingerprint density at radius 1 is 1.62 bits per heavy atom. The van der Waals surface area contributed by atoms with Gasteiger partial charge in [-0.05, 0) is 20.9 Å². The maximum Gasteiger partial charge on any atom is 0.0621 e. The zero-order valence-corrected chi connectivity index (χ0v) is 9.08. The van der Waals surface area contributed by atoms with Crippen molar-refractivity contribution in [2.45, 2.75) is 25.4 Å². The average Bonchev–Trinajstić information content (AvgIpc) is 2.04. The van der Waals surface area contributed by atoms with Crippen LogP contribution >= 0.6 is 0 Å². The van der Waals surface area contributed by atoms with Gasteiger partial charge < -0.3 is 15.6 Å². The Kier molecular flexibility index (Phi) is 5.48. The Bertz CT molecular complexity index is 140. The number of methoxy groups -OCH3 is 1. The summed E-state index contributed by atoms with van der Waals surface area (Å²) in [6, 6.07) is 0.319. The van der Waals surface area contributed by atoms with Crippen LogP contribution in [0.2, 0.25) is 0 Å². The maximum atomic E-state index is 8.97. The number of nitrogens with zero attached hydrogens (tertiary/aromatic N) is 1. The van der Waals surface area contributed by atoms with Crippen LogP contribution in [-0.4, -0.2) is 55.5 Å². The summed E-state index contributed by atoms with van der Waals surface area (Å²) in [5.41, 5.74) is 5.29. The molecule has 0 fully saturated rings. The van der Waals surface area contributed by atoms with Crippen molar-refractivity contribution in [2.24, 2.45) is 5.73 Å². The number of likely N-dealkylation sites (N-methyl/N-ethyl adjacent to an activating group) is 1. The van der Waals surface area contributed by atoms with E-state index in [1.165, 1.54) is 0 Å². The minimum absolute atomic E-state index is 0.00293. The van der Waals surface area contributed by atoms with E-state index in [4.69, 9.17) is 15.6 Å². The third-order valence-corrected chi connectivity index (χ3v) is 2.13. The first-order valence-electron chi connectivity index (χ1n) is 4.52. The van der Waals surface area contributed by atoms with Crippen molar-refractivity contribution in [3.8, 4) is 0 Å². The Morgan fingerprint density at radius 3 is 2.54 bits per heavy atom. The molecule has 13 heavy (non-hydrogen) atoms. The number of rotatable bonds is 6. The minimum Gasteiger partial charge on any atom is -0.394 e. The van der Waals surface area contributed by atoms with Crippen LogP contribution in [0.1, 0.15) is 13.8 Å². The number of nitrogens with two attached hydrogens (primary N) is 1. The van der Waals surface area contributed by atoms with Gasteiger partial charge in [-0.3, -0.25) is 4.90 Å². The van der Waals surface area contributed by atoms with Crippen LogP contribution in [0.15, 0.2) is 0 Å². The van der Waals surface area contributed by atoms with E-state index in [1.54, 1.807) is 7.11 Å². The van der Waals surface area contributed by atoms with E-state index in [1.807, 2.05) is 14.0 Å². The van der Waals surface area contributed by atoms with Crippen molar-refractivity contribution < 1.29 is 9.84 Å². The second-order valence-corrected chi connectivity index (χ2v) is 4.03. The van der Waals surface area contributed by atoms with Gasteiger partial charge in [0.1, 0.15) is 0 Å². The van der Waals surface area contributed by atoms with Crippen molar-refractivity contribution >= 4 is 0 Å². The number of hydrogen-bond donors (Lipinski definition) is 2. The summed E-state index contributed by atoms with van der Waals surface area (Å²) in [6.45, 7) is 5.24. The zero-order chi connectivity index (χ0) is 10.5. The molecule has 0 saturated carbocycles. The van der Waals surface area contributed by atoms with Crippen LogP contribution in [0.25, 0.3) is 0 Å². The summed E-state index contributed by atoms with van der Waals surface area (Å²) in [5.74, 6) is 0. The summed E-state index contributed by atoms with van der Waals surface area (Å²) in [5, 5.41) is 8.97. The second-order valence-electron chi connectivity index (χ2n) is 4.03. The molecule has 0 rings (SSSR count). The third kappa shape index (κ3) is 5.21. The van der Waals surface area contributed by atoms with Crippen molar-refractivity contribution in [3.05, 3.63) is 0 Å². The fraction of sp³-hybridized carbons (Fsp3) is 1.00. The van der Waals surface area contributed by atoms with Crippen molar-refractivity contribution in [1.82, 2.24) is 4.90 Å². The summed E-state index contributed by atoms with van der Waals surface area (Å²) >= 11 is 0. The summed E-state index contributed by atoms with van der Waals surface area (Å²) < 4.78 is 5.03. The molecule has 0 aliphatic rings. The van der Waals surface area contributed by atoms with Gasteiger partial charge >= 0.3 is 0 Å². The van der Waals surface area contributed by atoms with Crippen molar-refractivity contribution in [3.63, 3.8) is 0 Å². The molecule has 0 aliphatic carbocycles. The quantitative estimate of drug-likeness (QED) is 0.602. The first-order valence-corrected chi connectivity index (χ1v) is 4.52. The molecule has 80 valence electrons. The first-order chi connectivity index (χ1) is 5.93. The number of aliphatic hydroxyl groups is 1. The molecule has 3 N–H and O–H groups in total. The molecule has 2 atom stereocenters. The molecular formula is C9H22N2O2. The lowest BCUT2D eigenvalue weighted by Gasteiger charge is -2.32. The normalized spacial score (nSPS) is 18.7. The van der Waals surface area contributed by atoms with Crippen LogP contribution < -0.4 is 5.73 Å². The van der Waals surface area contributed by atoms with Gasteiger partial charge in [-0.25, -0.2) is 0 Å². The van der Waals surface area contributed by atoms with Crippen LogP contribution in [-0.2, 0) is 4.74 Å². The Balaban J connectivity index is 3.91. The number of ether oxygens (including phenoxy) is 1. The molecule has 4 heteroatoms. The van der Waals surface area contributed by atoms with E-state index >= 15 is 0 Å². The van der Waals surface area contributed by atoms with E-state index in [2.05, 4.69) is 11.8 Å². The summed E-state index contributed by atoms with van der Waals surface area (Å²) in [6.07, 6.45) is 0. The minimum atomic E-state index is -0.531. The molecule has 0 saturated heterocycles. The molecule has 0 radical (unpaired) electrons. The van der Waals surface area contributed by atoms with Crippen LogP contribution in [0.5, 0.6) is 0 Å². The second kappa shape index (κ2) is 5.54. The van der Waals surface area contributed by atoms with Crippen LogP contribution in [0, 0.1) is 0 Å². The summed E-state index contributed by atoms with van der Waals surface area (Å²) in [4.78, 5) is 2.08. The van der Waals surface area contributed by atoms with Crippen molar-refractivity contribution in [1.29, 1.82) is 0 Å². The van der Waals surface area contributed by atoms with Gasteiger partial charge in [0, 0.05) is 25.2 Å². The van der Waals surface area contributed by atoms with Gasteiger partial charge in [0.05, 0.1) is 13.2 Å². The zero-order valence-electron chi connectivity index (χ0n) is 9.08. The smallest absolute Gasteiger partial charge is 0.0621 e. The Morgan fingerprint density at radius 2 is 2.15 bits per heavy atom. The molecule has 0 heterocycles. The average molecular weight is 190 g/mol. The molecular weight excluding hydrogens is 168 g/mol. The topological polar surface area (TPSA) is 58.7 Å². The van der Waals surface area contributed by atoms with Crippen LogP contribution in [0.4, 0.5) is 0 Å². The third-order valence-electron chi connectivity index (χ3n) is 2.13. The van der Waals surface area contributed by atoms with Gasteiger partial charge in [0.2, 0.25) is 0 Å². The van der Waals surface area contributed by atoms with Gasteiger partial charge in [0.15, 0.2) is 0 Å². The molecule has 0 aromatic rings. The van der Waals surface area contributed by atoms with E-state index in [9.17, 15) is 0 Å². The largest absolute Gasteiger partial charge is 0.394 e. The maximum absolute atomic E-state index is 8.97. The predicted molar refractivity (Wildman–Crippen MR) is 53.6 cm³/mol. The predicted octanol–water partition coefficient (Wildman–Crippen LogP) is -0.337. The van der Waals surface area contributed by atoms with E-state index in [0.717, 1.165) is 0 Å². The molecule has 0 spiro atoms. The number of hydrogen-bond acceptors (Lipinski definition) is 4. The lowest BCUT2D eigenvalue weighted by atomic mass is 10.0. The highest BCUT2D eigenvalue weighted by Gasteiger charge is 2.21. The SMILES string of the molecule is COCC(C)N(C)CC(C)(N)CO. The molecule has 4 nitrogen and oxygen atoms in total. The summed E-state index contributed by atoms with van der Waals surface area (Å²) in [7, 11) is 3.66.